The number of carbonyl (C=O) groups excluding carboxylic acids is 2. The minimum absolute atomic E-state index is 0.0968. The first-order chi connectivity index (χ1) is 11.6. The van der Waals surface area contributed by atoms with Crippen molar-refractivity contribution >= 4 is 11.8 Å². The van der Waals surface area contributed by atoms with E-state index in [-0.39, 0.29) is 23.8 Å². The predicted molar refractivity (Wildman–Crippen MR) is 89.0 cm³/mol. The van der Waals surface area contributed by atoms with Crippen LogP contribution in [0.25, 0.3) is 0 Å². The second-order valence-electron chi connectivity index (χ2n) is 6.73. The van der Waals surface area contributed by atoms with Gasteiger partial charge in [0, 0.05) is 31.5 Å². The molecule has 1 aliphatic heterocycles. The van der Waals surface area contributed by atoms with Crippen LogP contribution in [-0.2, 0) is 4.79 Å². The summed E-state index contributed by atoms with van der Waals surface area (Å²) in [6, 6.07) is -0.287. The van der Waals surface area contributed by atoms with Gasteiger partial charge in [-0.2, -0.15) is 0 Å². The Hall–Kier alpha value is -2.02. The summed E-state index contributed by atoms with van der Waals surface area (Å²) in [7, 11) is 0. The molecule has 0 spiro atoms. The molecule has 2 heterocycles. The lowest BCUT2D eigenvalue weighted by Crippen LogP contribution is -2.49. The molecule has 1 atom stereocenters. The smallest absolute Gasteiger partial charge is 0.271 e. The van der Waals surface area contributed by atoms with Gasteiger partial charge in [0.15, 0.2) is 0 Å². The molecule has 1 saturated heterocycles. The van der Waals surface area contributed by atoms with E-state index < -0.39 is 6.04 Å². The molecule has 24 heavy (non-hydrogen) atoms. The quantitative estimate of drug-likeness (QED) is 0.846. The van der Waals surface area contributed by atoms with Gasteiger partial charge in [-0.1, -0.05) is 0 Å². The van der Waals surface area contributed by atoms with Crippen LogP contribution in [0.1, 0.15) is 49.0 Å². The summed E-state index contributed by atoms with van der Waals surface area (Å²) in [5.41, 5.74) is 6.55. The van der Waals surface area contributed by atoms with Crippen LogP contribution >= 0.6 is 0 Å². The molecule has 0 bridgehead atoms. The Balaban J connectivity index is 1.47. The molecule has 0 unspecified atom stereocenters. The van der Waals surface area contributed by atoms with Gasteiger partial charge in [0.25, 0.3) is 5.91 Å². The standard InChI is InChI=1S/C17H25N5O2/c18-15(17(24)22-9-1-2-10-22)12-3-5-13(6-4-12)21-16(23)14-11-19-7-8-20-14/h7-8,11-13,15H,1-6,9-10,18H2,(H,21,23)/t12-,13-,15-/m0/s1. The monoisotopic (exact) mass is 331 g/mol. The normalized spacial score (nSPS) is 25.3. The van der Waals surface area contributed by atoms with E-state index in [1.807, 2.05) is 4.90 Å². The Morgan fingerprint density at radius 1 is 1.17 bits per heavy atom. The van der Waals surface area contributed by atoms with E-state index in [4.69, 9.17) is 5.73 Å². The minimum atomic E-state index is -0.403. The van der Waals surface area contributed by atoms with E-state index in [9.17, 15) is 9.59 Å². The number of nitrogens with zero attached hydrogens (tertiary/aromatic N) is 3. The third-order valence-electron chi connectivity index (χ3n) is 5.11. The molecule has 2 amide bonds. The number of hydrogen-bond acceptors (Lipinski definition) is 5. The highest BCUT2D eigenvalue weighted by atomic mass is 16.2. The van der Waals surface area contributed by atoms with Crippen LogP contribution in [0.15, 0.2) is 18.6 Å². The number of carbonyl (C=O) groups is 2. The Bertz CT molecular complexity index is 566. The van der Waals surface area contributed by atoms with E-state index in [2.05, 4.69) is 15.3 Å². The van der Waals surface area contributed by atoms with Gasteiger partial charge in [0.2, 0.25) is 5.91 Å². The third kappa shape index (κ3) is 3.90. The second kappa shape index (κ2) is 7.70. The van der Waals surface area contributed by atoms with E-state index in [1.54, 1.807) is 6.20 Å². The molecule has 1 aliphatic carbocycles. The zero-order valence-electron chi connectivity index (χ0n) is 13.9. The maximum absolute atomic E-state index is 12.4. The first-order valence-corrected chi connectivity index (χ1v) is 8.76. The fourth-order valence-electron chi connectivity index (χ4n) is 3.65. The number of rotatable bonds is 4. The number of amides is 2. The molecule has 3 rings (SSSR count). The summed E-state index contributed by atoms with van der Waals surface area (Å²) < 4.78 is 0. The first kappa shape index (κ1) is 16.8. The maximum Gasteiger partial charge on any atom is 0.271 e. The van der Waals surface area contributed by atoms with Gasteiger partial charge >= 0.3 is 0 Å². The molecule has 7 nitrogen and oxygen atoms in total. The second-order valence-corrected chi connectivity index (χ2v) is 6.73. The summed E-state index contributed by atoms with van der Waals surface area (Å²) >= 11 is 0. The Morgan fingerprint density at radius 3 is 2.50 bits per heavy atom. The zero-order valence-corrected chi connectivity index (χ0v) is 13.9. The van der Waals surface area contributed by atoms with E-state index in [0.717, 1.165) is 51.6 Å². The van der Waals surface area contributed by atoms with Crippen LogP contribution in [0.5, 0.6) is 0 Å². The largest absolute Gasteiger partial charge is 0.348 e. The summed E-state index contributed by atoms with van der Waals surface area (Å²) in [6.45, 7) is 1.69. The van der Waals surface area contributed by atoms with Crippen molar-refractivity contribution in [2.75, 3.05) is 13.1 Å². The van der Waals surface area contributed by atoms with E-state index >= 15 is 0 Å². The predicted octanol–water partition coefficient (Wildman–Crippen LogP) is 0.715. The fourth-order valence-corrected chi connectivity index (χ4v) is 3.65. The van der Waals surface area contributed by atoms with Crippen LogP contribution in [0, 0.1) is 5.92 Å². The molecule has 7 heteroatoms. The number of nitrogens with two attached hydrogens (primary N) is 1. The average molecular weight is 331 g/mol. The maximum atomic E-state index is 12.4. The highest BCUT2D eigenvalue weighted by molar-refractivity contribution is 5.92. The van der Waals surface area contributed by atoms with Crippen LogP contribution in [-0.4, -0.2) is 51.9 Å². The van der Waals surface area contributed by atoms with Crippen LogP contribution < -0.4 is 11.1 Å². The summed E-state index contributed by atoms with van der Waals surface area (Å²) in [5, 5.41) is 3.00. The number of likely N-dealkylation sites (tertiary alicyclic amines) is 1. The van der Waals surface area contributed by atoms with Gasteiger partial charge in [-0.15, -0.1) is 0 Å². The summed E-state index contributed by atoms with van der Waals surface area (Å²) in [5.74, 6) is 0.117. The van der Waals surface area contributed by atoms with Crippen molar-refractivity contribution in [2.24, 2.45) is 11.7 Å². The number of nitrogens with one attached hydrogen (secondary N) is 1. The molecule has 1 saturated carbocycles. The van der Waals surface area contributed by atoms with Crippen molar-refractivity contribution in [3.8, 4) is 0 Å². The molecule has 1 aromatic rings. The molecular formula is C17H25N5O2. The summed E-state index contributed by atoms with van der Waals surface area (Å²) in [6.07, 6.45) is 10.1. The third-order valence-corrected chi connectivity index (χ3v) is 5.11. The van der Waals surface area contributed by atoms with Gasteiger partial charge in [-0.05, 0) is 44.4 Å². The number of aromatic nitrogens is 2. The van der Waals surface area contributed by atoms with Crippen molar-refractivity contribution in [3.05, 3.63) is 24.3 Å². The molecule has 1 aromatic heterocycles. The Labute approximate surface area is 142 Å². The van der Waals surface area contributed by atoms with Crippen molar-refractivity contribution in [1.29, 1.82) is 0 Å². The highest BCUT2D eigenvalue weighted by Gasteiger charge is 2.33. The zero-order chi connectivity index (χ0) is 16.9. The van der Waals surface area contributed by atoms with E-state index in [1.165, 1.54) is 12.4 Å². The SMILES string of the molecule is N[C@H](C(=O)N1CCCC1)[C@H]1CC[C@H](NC(=O)c2cnccn2)CC1. The fraction of sp³-hybridized carbons (Fsp3) is 0.647. The van der Waals surface area contributed by atoms with Gasteiger partial charge in [-0.3, -0.25) is 14.6 Å². The molecule has 0 aromatic carbocycles. The highest BCUT2D eigenvalue weighted by Crippen LogP contribution is 2.27. The molecule has 0 radical (unpaired) electrons. The lowest BCUT2D eigenvalue weighted by atomic mass is 9.81. The van der Waals surface area contributed by atoms with Gasteiger partial charge in [-0.25, -0.2) is 4.98 Å². The number of hydrogen-bond donors (Lipinski definition) is 2. The van der Waals surface area contributed by atoms with Crippen molar-refractivity contribution in [3.63, 3.8) is 0 Å². The lowest BCUT2D eigenvalue weighted by molar-refractivity contribution is -0.133. The Morgan fingerprint density at radius 2 is 1.88 bits per heavy atom. The van der Waals surface area contributed by atoms with Crippen molar-refractivity contribution in [1.82, 2.24) is 20.2 Å². The van der Waals surface area contributed by atoms with Gasteiger partial charge < -0.3 is 16.0 Å². The van der Waals surface area contributed by atoms with Crippen LogP contribution in [0.2, 0.25) is 0 Å². The van der Waals surface area contributed by atoms with Crippen molar-refractivity contribution < 1.29 is 9.59 Å². The first-order valence-electron chi connectivity index (χ1n) is 8.76. The minimum Gasteiger partial charge on any atom is -0.348 e. The van der Waals surface area contributed by atoms with Gasteiger partial charge in [0.05, 0.1) is 12.2 Å². The summed E-state index contributed by atoms with van der Waals surface area (Å²) in [4.78, 5) is 34.3. The molecule has 2 aliphatic rings. The molecular weight excluding hydrogens is 306 g/mol. The molecule has 130 valence electrons. The molecule has 2 fully saturated rings. The topological polar surface area (TPSA) is 101 Å². The van der Waals surface area contributed by atoms with Gasteiger partial charge in [0.1, 0.15) is 5.69 Å². The lowest BCUT2D eigenvalue weighted by Gasteiger charge is -2.33. The average Bonchev–Trinajstić information content (AvgIpc) is 3.16. The van der Waals surface area contributed by atoms with E-state index in [0.29, 0.717) is 5.69 Å². The molecule has 3 N–H and O–H groups in total. The van der Waals surface area contributed by atoms with Crippen LogP contribution in [0.3, 0.4) is 0 Å². The van der Waals surface area contributed by atoms with Crippen LogP contribution in [0.4, 0.5) is 0 Å². The van der Waals surface area contributed by atoms with Crippen molar-refractivity contribution in [2.45, 2.75) is 50.6 Å². The Kier molecular flexibility index (Phi) is 5.40.